The van der Waals surface area contributed by atoms with E-state index in [1.54, 1.807) is 12.4 Å². The first kappa shape index (κ1) is 20.3. The molecule has 0 radical (unpaired) electrons. The van der Waals surface area contributed by atoms with Crippen molar-refractivity contribution in [3.8, 4) is 5.75 Å². The van der Waals surface area contributed by atoms with E-state index in [1.165, 1.54) is 37.7 Å². The summed E-state index contributed by atoms with van der Waals surface area (Å²) in [6, 6.07) is 12.4. The zero-order valence-electron chi connectivity index (χ0n) is 17.3. The number of nitrogens with zero attached hydrogens (tertiary/aromatic N) is 2. The van der Waals surface area contributed by atoms with E-state index in [1.807, 2.05) is 12.1 Å². The number of aromatic nitrogens is 1. The zero-order chi connectivity index (χ0) is 19.8. The molecule has 0 spiro atoms. The van der Waals surface area contributed by atoms with Gasteiger partial charge in [0.2, 0.25) is 0 Å². The van der Waals surface area contributed by atoms with E-state index >= 15 is 0 Å². The van der Waals surface area contributed by atoms with Crippen LogP contribution in [-0.4, -0.2) is 48.3 Å². The Hall–Kier alpha value is -1.95. The highest BCUT2D eigenvalue weighted by Gasteiger charge is 2.38. The molecule has 5 nitrogen and oxygen atoms in total. The van der Waals surface area contributed by atoms with Crippen molar-refractivity contribution in [2.75, 3.05) is 32.8 Å². The summed E-state index contributed by atoms with van der Waals surface area (Å²) in [7, 11) is 0. The first-order valence-electron chi connectivity index (χ1n) is 11.0. The molecule has 0 amide bonds. The molecule has 0 unspecified atom stereocenters. The molecule has 4 rings (SSSR count). The highest BCUT2D eigenvalue weighted by molar-refractivity contribution is 5.27. The number of nitrogens with one attached hydrogen (secondary N) is 1. The molecule has 0 bridgehead atoms. The summed E-state index contributed by atoms with van der Waals surface area (Å²) in [6.07, 6.45) is 10.3. The minimum Gasteiger partial charge on any atom is -0.489 e. The van der Waals surface area contributed by atoms with Crippen LogP contribution in [0.1, 0.15) is 43.2 Å². The molecule has 1 saturated heterocycles. The number of benzene rings is 1. The Morgan fingerprint density at radius 3 is 2.38 bits per heavy atom. The van der Waals surface area contributed by atoms with Crippen molar-refractivity contribution >= 4 is 0 Å². The Bertz CT molecular complexity index is 724. The summed E-state index contributed by atoms with van der Waals surface area (Å²) in [5.41, 5.74) is 2.75. The van der Waals surface area contributed by atoms with Gasteiger partial charge in [0, 0.05) is 44.1 Å². The van der Waals surface area contributed by atoms with E-state index in [0.29, 0.717) is 12.1 Å². The number of hydrogen-bond acceptors (Lipinski definition) is 5. The molecule has 5 heteroatoms. The maximum absolute atomic E-state index is 5.88. The molecule has 2 aliphatic rings. The third-order valence-electron chi connectivity index (χ3n) is 6.33. The number of ether oxygens (including phenoxy) is 2. The molecule has 156 valence electrons. The van der Waals surface area contributed by atoms with Crippen LogP contribution in [0.25, 0.3) is 0 Å². The second-order valence-electron chi connectivity index (χ2n) is 8.28. The lowest BCUT2D eigenvalue weighted by Crippen LogP contribution is -2.59. The number of hydrogen-bond donors (Lipinski definition) is 1. The van der Waals surface area contributed by atoms with E-state index < -0.39 is 0 Å². The predicted molar refractivity (Wildman–Crippen MR) is 115 cm³/mol. The first-order chi connectivity index (χ1) is 14.3. The van der Waals surface area contributed by atoms with Crippen LogP contribution in [0.3, 0.4) is 0 Å². The van der Waals surface area contributed by atoms with Crippen molar-refractivity contribution in [1.82, 2.24) is 15.2 Å². The van der Waals surface area contributed by atoms with Crippen molar-refractivity contribution in [3.63, 3.8) is 0 Å². The summed E-state index contributed by atoms with van der Waals surface area (Å²) in [4.78, 5) is 6.73. The highest BCUT2D eigenvalue weighted by atomic mass is 16.5. The van der Waals surface area contributed by atoms with Crippen molar-refractivity contribution < 1.29 is 9.47 Å². The lowest BCUT2D eigenvalue weighted by molar-refractivity contribution is -0.0369. The normalized spacial score (nSPS) is 19.7. The standard InChI is InChI=1S/C24H33N3O2/c1-2-10-24(11-3-1,27-14-16-28-17-15-27)20-26-18-21-4-6-23(7-5-21)29-19-22-8-12-25-13-9-22/h4-9,12-13,26H,1-3,10-11,14-20H2. The molecule has 1 aliphatic carbocycles. The fourth-order valence-electron chi connectivity index (χ4n) is 4.64. The third-order valence-corrected chi connectivity index (χ3v) is 6.33. The lowest BCUT2D eigenvalue weighted by Gasteiger charge is -2.48. The predicted octanol–water partition coefficient (Wildman–Crippen LogP) is 3.79. The fourth-order valence-corrected chi connectivity index (χ4v) is 4.64. The molecule has 2 heterocycles. The number of rotatable bonds is 8. The van der Waals surface area contributed by atoms with Gasteiger partial charge in [0.1, 0.15) is 12.4 Å². The molecule has 1 N–H and O–H groups in total. The largest absolute Gasteiger partial charge is 0.489 e. The quantitative estimate of drug-likeness (QED) is 0.737. The Labute approximate surface area is 174 Å². The second kappa shape index (κ2) is 10.2. The minimum absolute atomic E-state index is 0.315. The summed E-state index contributed by atoms with van der Waals surface area (Å²) >= 11 is 0. The molecule has 0 atom stereocenters. The van der Waals surface area contributed by atoms with E-state index in [0.717, 1.165) is 50.7 Å². The SMILES string of the molecule is c1cc(COc2ccc(CNCC3(N4CCOCC4)CCCCC3)cc2)ccn1. The summed E-state index contributed by atoms with van der Waals surface area (Å²) in [5.74, 6) is 0.905. The monoisotopic (exact) mass is 395 g/mol. The molecular weight excluding hydrogens is 362 g/mol. The lowest BCUT2D eigenvalue weighted by atomic mass is 9.79. The van der Waals surface area contributed by atoms with Gasteiger partial charge in [0.25, 0.3) is 0 Å². The average Bonchev–Trinajstić information content (AvgIpc) is 2.80. The van der Waals surface area contributed by atoms with E-state index in [4.69, 9.17) is 9.47 Å². The van der Waals surface area contributed by atoms with Gasteiger partial charge in [-0.2, -0.15) is 0 Å². The van der Waals surface area contributed by atoms with Crippen molar-refractivity contribution in [1.29, 1.82) is 0 Å². The van der Waals surface area contributed by atoms with Crippen LogP contribution < -0.4 is 10.1 Å². The van der Waals surface area contributed by atoms with Gasteiger partial charge in [0.05, 0.1) is 13.2 Å². The molecule has 2 aromatic rings. The molecule has 1 saturated carbocycles. The molecule has 1 aliphatic heterocycles. The van der Waals surface area contributed by atoms with Crippen molar-refractivity contribution in [2.45, 2.75) is 50.8 Å². The van der Waals surface area contributed by atoms with Crippen LogP contribution in [0.2, 0.25) is 0 Å². The number of morpholine rings is 1. The minimum atomic E-state index is 0.315. The van der Waals surface area contributed by atoms with Crippen LogP contribution in [-0.2, 0) is 17.9 Å². The van der Waals surface area contributed by atoms with Crippen molar-refractivity contribution in [3.05, 3.63) is 59.9 Å². The molecule has 29 heavy (non-hydrogen) atoms. The Morgan fingerprint density at radius 1 is 0.931 bits per heavy atom. The van der Waals surface area contributed by atoms with Crippen LogP contribution in [0.15, 0.2) is 48.8 Å². The van der Waals surface area contributed by atoms with Gasteiger partial charge in [-0.05, 0) is 48.2 Å². The topological polar surface area (TPSA) is 46.6 Å². The summed E-state index contributed by atoms with van der Waals surface area (Å²) in [5, 5.41) is 3.76. The van der Waals surface area contributed by atoms with Crippen LogP contribution in [0, 0.1) is 0 Å². The van der Waals surface area contributed by atoms with Gasteiger partial charge in [-0.1, -0.05) is 31.4 Å². The van der Waals surface area contributed by atoms with Gasteiger partial charge in [-0.15, -0.1) is 0 Å². The fraction of sp³-hybridized carbons (Fsp3) is 0.542. The summed E-state index contributed by atoms with van der Waals surface area (Å²) < 4.78 is 11.5. The first-order valence-corrected chi connectivity index (χ1v) is 11.0. The average molecular weight is 396 g/mol. The van der Waals surface area contributed by atoms with E-state index in [-0.39, 0.29) is 0 Å². The molecule has 1 aromatic carbocycles. The highest BCUT2D eigenvalue weighted by Crippen LogP contribution is 2.34. The maximum atomic E-state index is 5.88. The Morgan fingerprint density at radius 2 is 1.66 bits per heavy atom. The molecular formula is C24H33N3O2. The van der Waals surface area contributed by atoms with Gasteiger partial charge < -0.3 is 14.8 Å². The Balaban J connectivity index is 1.27. The second-order valence-corrected chi connectivity index (χ2v) is 8.28. The van der Waals surface area contributed by atoms with Gasteiger partial charge >= 0.3 is 0 Å². The van der Waals surface area contributed by atoms with Gasteiger partial charge in [-0.3, -0.25) is 9.88 Å². The van der Waals surface area contributed by atoms with Crippen molar-refractivity contribution in [2.24, 2.45) is 0 Å². The van der Waals surface area contributed by atoms with Crippen LogP contribution in [0.5, 0.6) is 5.75 Å². The van der Waals surface area contributed by atoms with E-state index in [2.05, 4.69) is 39.5 Å². The molecule has 1 aromatic heterocycles. The zero-order valence-corrected chi connectivity index (χ0v) is 17.3. The number of pyridine rings is 1. The van der Waals surface area contributed by atoms with Gasteiger partial charge in [0.15, 0.2) is 0 Å². The Kier molecular flexibility index (Phi) is 7.14. The third kappa shape index (κ3) is 5.56. The van der Waals surface area contributed by atoms with Crippen LogP contribution in [0.4, 0.5) is 0 Å². The smallest absolute Gasteiger partial charge is 0.119 e. The van der Waals surface area contributed by atoms with Crippen LogP contribution >= 0.6 is 0 Å². The van der Waals surface area contributed by atoms with E-state index in [9.17, 15) is 0 Å². The van der Waals surface area contributed by atoms with Gasteiger partial charge in [-0.25, -0.2) is 0 Å². The summed E-state index contributed by atoms with van der Waals surface area (Å²) in [6.45, 7) is 6.44. The molecule has 2 fully saturated rings. The maximum Gasteiger partial charge on any atom is 0.119 e.